The molecule has 1 aliphatic rings. The summed E-state index contributed by atoms with van der Waals surface area (Å²) < 4.78 is 30.6. The van der Waals surface area contributed by atoms with Crippen LogP contribution in [0.1, 0.15) is 12.8 Å². The van der Waals surface area contributed by atoms with E-state index < -0.39 is 16.1 Å². The van der Waals surface area contributed by atoms with Gasteiger partial charge in [0.05, 0.1) is 10.9 Å². The van der Waals surface area contributed by atoms with E-state index in [4.69, 9.17) is 10.5 Å². The molecule has 0 aromatic heterocycles. The van der Waals surface area contributed by atoms with Crippen LogP contribution in [0.25, 0.3) is 0 Å². The van der Waals surface area contributed by atoms with Gasteiger partial charge in [-0.15, -0.1) is 12.4 Å². The quantitative estimate of drug-likeness (QED) is 0.798. The molecule has 0 radical (unpaired) electrons. The first kappa shape index (κ1) is 20.9. The highest BCUT2D eigenvalue weighted by molar-refractivity contribution is 7.89. The third-order valence-electron chi connectivity index (χ3n) is 3.96. The summed E-state index contributed by atoms with van der Waals surface area (Å²) in [4.78, 5) is 12.4. The average molecular weight is 378 g/mol. The molecule has 1 saturated heterocycles. The number of nitrogens with two attached hydrogens (primary N) is 1. The van der Waals surface area contributed by atoms with E-state index in [1.54, 1.807) is 12.1 Å². The van der Waals surface area contributed by atoms with Crippen LogP contribution in [0.5, 0.6) is 0 Å². The number of nitrogens with zero attached hydrogens (tertiary/aromatic N) is 1. The smallest absolute Gasteiger partial charge is 0.242 e. The van der Waals surface area contributed by atoms with Gasteiger partial charge in [0.2, 0.25) is 15.9 Å². The SMILES string of the molecule is CN(C)S(=O)(=O)c1cccc(NC(=O)C(N)C2CCOCC2)c1.Cl. The summed E-state index contributed by atoms with van der Waals surface area (Å²) in [6.07, 6.45) is 1.51. The molecule has 136 valence electrons. The van der Waals surface area contributed by atoms with Gasteiger partial charge in [-0.25, -0.2) is 12.7 Å². The van der Waals surface area contributed by atoms with Crippen molar-refractivity contribution in [1.82, 2.24) is 4.31 Å². The Labute approximate surface area is 149 Å². The van der Waals surface area contributed by atoms with Gasteiger partial charge < -0.3 is 15.8 Å². The fourth-order valence-corrected chi connectivity index (χ4v) is 3.41. The lowest BCUT2D eigenvalue weighted by atomic mass is 9.92. The Balaban J connectivity index is 0.00000288. The normalized spacial score (nSPS) is 17.2. The van der Waals surface area contributed by atoms with Crippen LogP contribution in [0, 0.1) is 5.92 Å². The van der Waals surface area contributed by atoms with Crippen molar-refractivity contribution in [2.75, 3.05) is 32.6 Å². The van der Waals surface area contributed by atoms with E-state index in [1.165, 1.54) is 26.2 Å². The molecule has 9 heteroatoms. The second-order valence-corrected chi connectivity index (χ2v) is 7.93. The van der Waals surface area contributed by atoms with E-state index in [-0.39, 0.29) is 29.1 Å². The summed E-state index contributed by atoms with van der Waals surface area (Å²) in [6, 6.07) is 5.52. The molecular formula is C15H24ClN3O4S. The summed E-state index contributed by atoms with van der Waals surface area (Å²) in [5.74, 6) is -0.228. The monoisotopic (exact) mass is 377 g/mol. The number of hydrogen-bond donors (Lipinski definition) is 2. The number of ether oxygens (including phenoxy) is 1. The van der Waals surface area contributed by atoms with Crippen molar-refractivity contribution in [1.29, 1.82) is 0 Å². The molecule has 1 amide bonds. The predicted molar refractivity (Wildman–Crippen MR) is 94.7 cm³/mol. The Morgan fingerprint density at radius 2 is 1.96 bits per heavy atom. The number of benzene rings is 1. The van der Waals surface area contributed by atoms with Crippen molar-refractivity contribution < 1.29 is 17.9 Å². The molecule has 1 aromatic rings. The zero-order valence-electron chi connectivity index (χ0n) is 13.8. The molecule has 24 heavy (non-hydrogen) atoms. The second-order valence-electron chi connectivity index (χ2n) is 5.78. The highest BCUT2D eigenvalue weighted by Crippen LogP contribution is 2.21. The van der Waals surface area contributed by atoms with E-state index >= 15 is 0 Å². The number of amides is 1. The van der Waals surface area contributed by atoms with E-state index in [0.717, 1.165) is 17.1 Å². The first-order valence-corrected chi connectivity index (χ1v) is 8.93. The number of anilines is 1. The van der Waals surface area contributed by atoms with Crippen LogP contribution in [0.15, 0.2) is 29.2 Å². The highest BCUT2D eigenvalue weighted by atomic mass is 35.5. The molecule has 7 nitrogen and oxygen atoms in total. The molecule has 1 unspecified atom stereocenters. The van der Waals surface area contributed by atoms with Crippen LogP contribution in [0.4, 0.5) is 5.69 Å². The molecule has 1 aromatic carbocycles. The topological polar surface area (TPSA) is 102 Å². The average Bonchev–Trinajstić information content (AvgIpc) is 2.55. The number of rotatable bonds is 5. The van der Waals surface area contributed by atoms with Crippen molar-refractivity contribution >= 4 is 34.0 Å². The fraction of sp³-hybridized carbons (Fsp3) is 0.533. The first-order chi connectivity index (χ1) is 10.8. The number of sulfonamides is 1. The van der Waals surface area contributed by atoms with Crippen LogP contribution in [-0.4, -0.2) is 52.0 Å². The minimum atomic E-state index is -3.54. The van der Waals surface area contributed by atoms with Gasteiger partial charge in [-0.05, 0) is 37.0 Å². The molecule has 0 bridgehead atoms. The first-order valence-electron chi connectivity index (χ1n) is 7.49. The van der Waals surface area contributed by atoms with Crippen molar-refractivity contribution in [3.63, 3.8) is 0 Å². The lowest BCUT2D eigenvalue weighted by Crippen LogP contribution is -2.44. The third-order valence-corrected chi connectivity index (χ3v) is 5.77. The number of halogens is 1. The zero-order chi connectivity index (χ0) is 17.0. The molecule has 3 N–H and O–H groups in total. The highest BCUT2D eigenvalue weighted by Gasteiger charge is 2.27. The van der Waals surface area contributed by atoms with Gasteiger partial charge in [0.15, 0.2) is 0 Å². The summed E-state index contributed by atoms with van der Waals surface area (Å²) in [6.45, 7) is 1.23. The fourth-order valence-electron chi connectivity index (χ4n) is 2.46. The van der Waals surface area contributed by atoms with E-state index in [2.05, 4.69) is 5.32 Å². The van der Waals surface area contributed by atoms with Crippen molar-refractivity contribution in [2.45, 2.75) is 23.8 Å². The van der Waals surface area contributed by atoms with Gasteiger partial charge in [-0.2, -0.15) is 0 Å². The van der Waals surface area contributed by atoms with E-state index in [9.17, 15) is 13.2 Å². The molecule has 0 saturated carbocycles. The summed E-state index contributed by atoms with van der Waals surface area (Å²) in [5, 5.41) is 2.70. The summed E-state index contributed by atoms with van der Waals surface area (Å²) in [5.41, 5.74) is 6.43. The minimum absolute atomic E-state index is 0. The molecule has 1 aliphatic heterocycles. The second kappa shape index (κ2) is 8.77. The van der Waals surface area contributed by atoms with Crippen molar-refractivity contribution in [2.24, 2.45) is 11.7 Å². The third kappa shape index (κ3) is 4.90. The Hall–Kier alpha value is -1.19. The Kier molecular flexibility index (Phi) is 7.62. The van der Waals surface area contributed by atoms with Crippen LogP contribution in [0.2, 0.25) is 0 Å². The van der Waals surface area contributed by atoms with Gasteiger partial charge in [0.1, 0.15) is 0 Å². The van der Waals surface area contributed by atoms with E-state index in [0.29, 0.717) is 18.9 Å². The zero-order valence-corrected chi connectivity index (χ0v) is 15.4. The maximum Gasteiger partial charge on any atom is 0.242 e. The van der Waals surface area contributed by atoms with Gasteiger partial charge in [-0.3, -0.25) is 4.79 Å². The Morgan fingerprint density at radius 3 is 2.54 bits per heavy atom. The number of nitrogens with one attached hydrogen (secondary N) is 1. The van der Waals surface area contributed by atoms with Gasteiger partial charge in [-0.1, -0.05) is 6.07 Å². The Bertz CT molecular complexity index is 660. The Morgan fingerprint density at radius 1 is 1.33 bits per heavy atom. The molecular weight excluding hydrogens is 354 g/mol. The maximum absolute atomic E-state index is 12.3. The number of hydrogen-bond acceptors (Lipinski definition) is 5. The van der Waals surface area contributed by atoms with Gasteiger partial charge in [0, 0.05) is 33.0 Å². The standard InChI is InChI=1S/C15H23N3O4S.ClH/c1-18(2)23(20,21)13-5-3-4-12(10-13)17-15(19)14(16)11-6-8-22-9-7-11;/h3-5,10-11,14H,6-9,16H2,1-2H3,(H,17,19);1H. The number of carbonyl (C=O) groups is 1. The lowest BCUT2D eigenvalue weighted by Gasteiger charge is -2.26. The van der Waals surface area contributed by atoms with Crippen LogP contribution >= 0.6 is 12.4 Å². The van der Waals surface area contributed by atoms with Crippen LogP contribution in [0.3, 0.4) is 0 Å². The van der Waals surface area contributed by atoms with E-state index in [1.807, 2.05) is 0 Å². The van der Waals surface area contributed by atoms with Crippen LogP contribution < -0.4 is 11.1 Å². The largest absolute Gasteiger partial charge is 0.381 e. The number of carbonyl (C=O) groups excluding carboxylic acids is 1. The molecule has 1 atom stereocenters. The summed E-state index contributed by atoms with van der Waals surface area (Å²) >= 11 is 0. The van der Waals surface area contributed by atoms with Crippen LogP contribution in [-0.2, 0) is 19.6 Å². The molecule has 1 heterocycles. The van der Waals surface area contributed by atoms with Gasteiger partial charge in [0.25, 0.3) is 0 Å². The molecule has 2 rings (SSSR count). The van der Waals surface area contributed by atoms with Crippen molar-refractivity contribution in [3.05, 3.63) is 24.3 Å². The predicted octanol–water partition coefficient (Wildman–Crippen LogP) is 1.05. The molecule has 1 fully saturated rings. The maximum atomic E-state index is 12.3. The van der Waals surface area contributed by atoms with Crippen molar-refractivity contribution in [3.8, 4) is 0 Å². The molecule has 0 aliphatic carbocycles. The summed E-state index contributed by atoms with van der Waals surface area (Å²) in [7, 11) is -0.622. The molecule has 0 spiro atoms. The van der Waals surface area contributed by atoms with Gasteiger partial charge >= 0.3 is 0 Å². The minimum Gasteiger partial charge on any atom is -0.381 e. The lowest BCUT2D eigenvalue weighted by molar-refractivity contribution is -0.119.